The third-order valence-corrected chi connectivity index (χ3v) is 7.66. The lowest BCUT2D eigenvalue weighted by molar-refractivity contribution is -0.0220. The van der Waals surface area contributed by atoms with Gasteiger partial charge < -0.3 is 4.74 Å². The van der Waals surface area contributed by atoms with Gasteiger partial charge >= 0.3 is 0 Å². The Labute approximate surface area is 129 Å². The lowest BCUT2D eigenvalue weighted by Gasteiger charge is -2.57. The molecular formula is C20H30O. The van der Waals surface area contributed by atoms with E-state index < -0.39 is 0 Å². The van der Waals surface area contributed by atoms with E-state index in [2.05, 4.69) is 39.5 Å². The van der Waals surface area contributed by atoms with E-state index in [4.69, 9.17) is 4.74 Å². The number of fused-ring (bicyclic) bond motifs is 2. The van der Waals surface area contributed by atoms with Gasteiger partial charge in [-0.15, -0.1) is 6.58 Å². The van der Waals surface area contributed by atoms with Crippen LogP contribution in [-0.4, -0.2) is 12.7 Å². The molecule has 2 saturated carbocycles. The van der Waals surface area contributed by atoms with Crippen LogP contribution >= 0.6 is 0 Å². The van der Waals surface area contributed by atoms with Crippen LogP contribution in [0.3, 0.4) is 0 Å². The Morgan fingerprint density at radius 3 is 2.81 bits per heavy atom. The molecule has 0 N–H and O–H groups in total. The highest BCUT2D eigenvalue weighted by atomic mass is 16.5. The zero-order valence-corrected chi connectivity index (χ0v) is 14.0. The summed E-state index contributed by atoms with van der Waals surface area (Å²) in [6.07, 6.45) is 13.1. The van der Waals surface area contributed by atoms with E-state index >= 15 is 0 Å². The monoisotopic (exact) mass is 286 g/mol. The second-order valence-corrected chi connectivity index (χ2v) is 9.09. The van der Waals surface area contributed by atoms with Crippen molar-refractivity contribution in [1.29, 1.82) is 0 Å². The number of hydrogen-bond acceptors (Lipinski definition) is 1. The molecule has 1 nitrogen and oxygen atoms in total. The second kappa shape index (κ2) is 4.25. The summed E-state index contributed by atoms with van der Waals surface area (Å²) in [5, 5.41) is 0. The fourth-order valence-corrected chi connectivity index (χ4v) is 6.04. The molecule has 0 radical (unpaired) electrons. The van der Waals surface area contributed by atoms with E-state index in [0.29, 0.717) is 28.3 Å². The fraction of sp³-hybridized carbons (Fsp3) is 0.800. The lowest BCUT2D eigenvalue weighted by Crippen LogP contribution is -2.51. The van der Waals surface area contributed by atoms with E-state index in [1.54, 1.807) is 5.57 Å². The minimum Gasteiger partial charge on any atom is -0.377 e. The molecule has 1 aliphatic heterocycles. The fourth-order valence-electron chi connectivity index (χ4n) is 6.04. The molecule has 0 aromatic heterocycles. The highest BCUT2D eigenvalue weighted by Crippen LogP contribution is 2.65. The van der Waals surface area contributed by atoms with E-state index in [0.717, 1.165) is 12.5 Å². The van der Waals surface area contributed by atoms with E-state index in [1.165, 1.54) is 38.5 Å². The van der Waals surface area contributed by atoms with Crippen LogP contribution in [0.5, 0.6) is 0 Å². The van der Waals surface area contributed by atoms with Crippen LogP contribution in [0.2, 0.25) is 0 Å². The van der Waals surface area contributed by atoms with Crippen LogP contribution in [0.15, 0.2) is 24.3 Å². The third kappa shape index (κ3) is 1.79. The Balaban J connectivity index is 1.74. The lowest BCUT2D eigenvalue weighted by atomic mass is 9.47. The molecule has 4 aliphatic rings. The van der Waals surface area contributed by atoms with Crippen molar-refractivity contribution in [1.82, 2.24) is 0 Å². The topological polar surface area (TPSA) is 9.23 Å². The van der Waals surface area contributed by atoms with Gasteiger partial charge in [-0.2, -0.15) is 0 Å². The smallest absolute Gasteiger partial charge is 0.0649 e. The van der Waals surface area contributed by atoms with Crippen molar-refractivity contribution in [2.24, 2.45) is 28.1 Å². The van der Waals surface area contributed by atoms with Gasteiger partial charge in [-0.1, -0.05) is 38.5 Å². The van der Waals surface area contributed by atoms with E-state index in [9.17, 15) is 0 Å². The van der Waals surface area contributed by atoms with Crippen LogP contribution in [0, 0.1) is 28.1 Å². The van der Waals surface area contributed by atoms with Gasteiger partial charge in [0.2, 0.25) is 0 Å². The molecule has 0 aromatic rings. The van der Waals surface area contributed by atoms with Gasteiger partial charge in [-0.05, 0) is 55.3 Å². The molecule has 3 aliphatic carbocycles. The normalized spacial score (nSPS) is 55.4. The molecule has 1 saturated heterocycles. The molecule has 6 atom stereocenters. The molecular weight excluding hydrogens is 256 g/mol. The summed E-state index contributed by atoms with van der Waals surface area (Å²) < 4.78 is 6.30. The zero-order valence-electron chi connectivity index (χ0n) is 14.0. The van der Waals surface area contributed by atoms with Gasteiger partial charge in [0.25, 0.3) is 0 Å². The number of ether oxygens (including phenoxy) is 1. The summed E-state index contributed by atoms with van der Waals surface area (Å²) in [6.45, 7) is 12.5. The molecule has 4 rings (SSSR count). The first kappa shape index (κ1) is 14.1. The largest absolute Gasteiger partial charge is 0.377 e. The average Bonchev–Trinajstić information content (AvgIpc) is 2.80. The SMILES string of the molecule is C=C[C@]1(C)CC[C@@]2(C)C3=CCC[C@]4(C)CO[C@H](C[C@@H]2C1)C34. The van der Waals surface area contributed by atoms with Gasteiger partial charge in [-0.3, -0.25) is 0 Å². The highest BCUT2D eigenvalue weighted by Gasteiger charge is 2.60. The molecule has 1 heterocycles. The summed E-state index contributed by atoms with van der Waals surface area (Å²) >= 11 is 0. The van der Waals surface area contributed by atoms with Gasteiger partial charge in [0.05, 0.1) is 12.7 Å². The second-order valence-electron chi connectivity index (χ2n) is 9.09. The summed E-state index contributed by atoms with van der Waals surface area (Å²) in [5.41, 5.74) is 2.97. The molecule has 0 aromatic carbocycles. The maximum atomic E-state index is 6.30. The number of allylic oxidation sites excluding steroid dienone is 2. The quantitative estimate of drug-likeness (QED) is 0.607. The summed E-state index contributed by atoms with van der Waals surface area (Å²) in [5.74, 6) is 1.49. The first-order valence-electron chi connectivity index (χ1n) is 8.86. The number of rotatable bonds is 1. The van der Waals surface area contributed by atoms with Crippen molar-refractivity contribution < 1.29 is 4.74 Å². The molecule has 3 fully saturated rings. The molecule has 0 spiro atoms. The Morgan fingerprint density at radius 2 is 2.05 bits per heavy atom. The van der Waals surface area contributed by atoms with Crippen LogP contribution in [0.1, 0.15) is 59.3 Å². The maximum absolute atomic E-state index is 6.30. The van der Waals surface area contributed by atoms with Crippen molar-refractivity contribution >= 4 is 0 Å². The van der Waals surface area contributed by atoms with Crippen molar-refractivity contribution in [3.63, 3.8) is 0 Å². The maximum Gasteiger partial charge on any atom is 0.0649 e. The third-order valence-electron chi connectivity index (χ3n) is 7.66. The summed E-state index contributed by atoms with van der Waals surface area (Å²) in [6, 6.07) is 0. The van der Waals surface area contributed by atoms with Crippen LogP contribution < -0.4 is 0 Å². The van der Waals surface area contributed by atoms with Gasteiger partial charge in [0.1, 0.15) is 0 Å². The summed E-state index contributed by atoms with van der Waals surface area (Å²) in [7, 11) is 0. The average molecular weight is 286 g/mol. The van der Waals surface area contributed by atoms with Crippen LogP contribution in [-0.2, 0) is 4.74 Å². The summed E-state index contributed by atoms with van der Waals surface area (Å²) in [4.78, 5) is 0. The van der Waals surface area contributed by atoms with Gasteiger partial charge in [0.15, 0.2) is 0 Å². The predicted octanol–water partition coefficient (Wildman–Crippen LogP) is 5.13. The minimum atomic E-state index is 0.341. The van der Waals surface area contributed by atoms with Crippen molar-refractivity contribution in [3.05, 3.63) is 24.3 Å². The molecule has 1 heteroatoms. The van der Waals surface area contributed by atoms with Crippen LogP contribution in [0.25, 0.3) is 0 Å². The predicted molar refractivity (Wildman–Crippen MR) is 87.0 cm³/mol. The number of hydrogen-bond donors (Lipinski definition) is 0. The van der Waals surface area contributed by atoms with Crippen molar-refractivity contribution in [2.75, 3.05) is 6.61 Å². The highest BCUT2D eigenvalue weighted by molar-refractivity contribution is 5.31. The molecule has 0 bridgehead atoms. The van der Waals surface area contributed by atoms with Crippen molar-refractivity contribution in [2.45, 2.75) is 65.4 Å². The standard InChI is InChI=1S/C20H30O/c1-5-18(2)9-10-20(4)14(12-18)11-16-17-15(20)7-6-8-19(17,3)13-21-16/h5,7,14,16-17H,1,6,8-13H2,2-4H3/t14-,16-,17?,18-,19-,20-/m1/s1. The first-order valence-corrected chi connectivity index (χ1v) is 8.86. The van der Waals surface area contributed by atoms with Crippen LogP contribution in [0.4, 0.5) is 0 Å². The van der Waals surface area contributed by atoms with Gasteiger partial charge in [-0.25, -0.2) is 0 Å². The Morgan fingerprint density at radius 1 is 1.24 bits per heavy atom. The van der Waals surface area contributed by atoms with Gasteiger partial charge in [0, 0.05) is 11.3 Å². The van der Waals surface area contributed by atoms with E-state index in [1.807, 2.05) is 0 Å². The Kier molecular flexibility index (Phi) is 2.85. The van der Waals surface area contributed by atoms with E-state index in [-0.39, 0.29) is 0 Å². The molecule has 0 amide bonds. The minimum absolute atomic E-state index is 0.341. The Hall–Kier alpha value is -0.560. The molecule has 116 valence electrons. The first-order chi connectivity index (χ1) is 9.90. The molecule has 1 unspecified atom stereocenters. The van der Waals surface area contributed by atoms with Crippen molar-refractivity contribution in [3.8, 4) is 0 Å². The molecule has 21 heavy (non-hydrogen) atoms. The Bertz CT molecular complexity index is 506. The zero-order chi connectivity index (χ0) is 14.9.